The minimum atomic E-state index is 0.00318. The largest absolute Gasteiger partial charge is 0.462 e. The SMILES string of the molecule is C=Cc1ccc(/C=C(\C#N)COC=O)cc1. The molecule has 80 valence electrons. The maximum Gasteiger partial charge on any atom is 0.293 e. The quantitative estimate of drug-likeness (QED) is 0.557. The molecule has 16 heavy (non-hydrogen) atoms. The van der Waals surface area contributed by atoms with Crippen LogP contribution < -0.4 is 0 Å². The molecule has 3 heteroatoms. The maximum absolute atomic E-state index is 9.99. The summed E-state index contributed by atoms with van der Waals surface area (Å²) in [5.74, 6) is 0. The standard InChI is InChI=1S/C13H11NO2/c1-2-11-3-5-12(6-4-11)7-13(8-14)9-16-10-15/h2-7,10H,1,9H2/b13-7+. The van der Waals surface area contributed by atoms with E-state index < -0.39 is 0 Å². The maximum atomic E-state index is 9.99. The van der Waals surface area contributed by atoms with E-state index in [1.165, 1.54) is 0 Å². The number of nitrogens with zero attached hydrogens (tertiary/aromatic N) is 1. The molecule has 3 nitrogen and oxygen atoms in total. The molecule has 1 rings (SSSR count). The third-order valence-electron chi connectivity index (χ3n) is 1.96. The summed E-state index contributed by atoms with van der Waals surface area (Å²) < 4.78 is 4.52. The molecule has 0 fully saturated rings. The Morgan fingerprint density at radius 1 is 1.38 bits per heavy atom. The fourth-order valence-electron chi connectivity index (χ4n) is 1.16. The van der Waals surface area contributed by atoms with Gasteiger partial charge < -0.3 is 4.74 Å². The number of carbonyl (C=O) groups is 1. The first-order chi connectivity index (χ1) is 7.80. The highest BCUT2D eigenvalue weighted by atomic mass is 16.5. The van der Waals surface area contributed by atoms with Crippen molar-refractivity contribution in [2.24, 2.45) is 0 Å². The van der Waals surface area contributed by atoms with Crippen molar-refractivity contribution >= 4 is 18.6 Å². The zero-order chi connectivity index (χ0) is 11.8. The molecule has 0 radical (unpaired) electrons. The molecule has 0 unspecified atom stereocenters. The van der Waals surface area contributed by atoms with Gasteiger partial charge in [0.2, 0.25) is 0 Å². The van der Waals surface area contributed by atoms with Crippen molar-refractivity contribution < 1.29 is 9.53 Å². The van der Waals surface area contributed by atoms with Gasteiger partial charge >= 0.3 is 0 Å². The second kappa shape index (κ2) is 6.20. The first-order valence-electron chi connectivity index (χ1n) is 4.68. The monoisotopic (exact) mass is 213 g/mol. The Kier molecular flexibility index (Phi) is 4.55. The fraction of sp³-hybridized carbons (Fsp3) is 0.0769. The summed E-state index contributed by atoms with van der Waals surface area (Å²) in [5.41, 5.74) is 2.30. The molecule has 1 aromatic rings. The van der Waals surface area contributed by atoms with Gasteiger partial charge in [-0.15, -0.1) is 0 Å². The fourth-order valence-corrected chi connectivity index (χ4v) is 1.16. The molecule has 0 aliphatic heterocycles. The summed E-state index contributed by atoms with van der Waals surface area (Å²) in [6.07, 6.45) is 3.42. The molecule has 0 aromatic heterocycles. The molecule has 0 N–H and O–H groups in total. The van der Waals surface area contributed by atoms with Crippen molar-refractivity contribution in [3.05, 3.63) is 47.5 Å². The second-order valence-electron chi connectivity index (χ2n) is 3.06. The molecule has 0 aliphatic carbocycles. The minimum absolute atomic E-state index is 0.00318. The van der Waals surface area contributed by atoms with E-state index in [-0.39, 0.29) is 6.61 Å². The van der Waals surface area contributed by atoms with Crippen LogP contribution in [0.5, 0.6) is 0 Å². The van der Waals surface area contributed by atoms with Crippen molar-refractivity contribution in [1.29, 1.82) is 5.26 Å². The molecular weight excluding hydrogens is 202 g/mol. The molecule has 0 amide bonds. The van der Waals surface area contributed by atoms with Crippen molar-refractivity contribution in [2.75, 3.05) is 6.61 Å². The van der Waals surface area contributed by atoms with E-state index in [1.807, 2.05) is 30.3 Å². The van der Waals surface area contributed by atoms with E-state index in [9.17, 15) is 4.79 Å². The third-order valence-corrected chi connectivity index (χ3v) is 1.96. The molecular formula is C13H11NO2. The summed E-state index contributed by atoms with van der Waals surface area (Å²) in [6, 6.07) is 9.51. The Morgan fingerprint density at radius 3 is 2.50 bits per heavy atom. The van der Waals surface area contributed by atoms with Crippen LogP contribution in [0.25, 0.3) is 12.2 Å². The number of rotatable bonds is 5. The van der Waals surface area contributed by atoms with E-state index in [4.69, 9.17) is 5.26 Å². The average Bonchev–Trinajstić information content (AvgIpc) is 2.35. The Balaban J connectivity index is 2.82. The summed E-state index contributed by atoms with van der Waals surface area (Å²) in [7, 11) is 0. The molecule has 0 heterocycles. The predicted octanol–water partition coefficient (Wildman–Crippen LogP) is 2.41. The number of hydrogen-bond acceptors (Lipinski definition) is 3. The van der Waals surface area contributed by atoms with Gasteiger partial charge in [-0.1, -0.05) is 36.9 Å². The lowest BCUT2D eigenvalue weighted by molar-refractivity contribution is -0.127. The molecule has 0 bridgehead atoms. The smallest absolute Gasteiger partial charge is 0.293 e. The molecule has 0 saturated carbocycles. The van der Waals surface area contributed by atoms with Crippen LogP contribution in [0, 0.1) is 11.3 Å². The van der Waals surface area contributed by atoms with E-state index in [1.54, 1.807) is 12.2 Å². The number of benzene rings is 1. The van der Waals surface area contributed by atoms with Crippen LogP contribution in [0.2, 0.25) is 0 Å². The summed E-state index contributed by atoms with van der Waals surface area (Å²) in [5, 5.41) is 8.78. The van der Waals surface area contributed by atoms with E-state index >= 15 is 0 Å². The van der Waals surface area contributed by atoms with Crippen molar-refractivity contribution in [2.45, 2.75) is 0 Å². The zero-order valence-corrected chi connectivity index (χ0v) is 8.72. The normalized spacial score (nSPS) is 10.3. The molecule has 0 aliphatic rings. The van der Waals surface area contributed by atoms with E-state index in [0.717, 1.165) is 11.1 Å². The van der Waals surface area contributed by atoms with Crippen molar-refractivity contribution in [3.63, 3.8) is 0 Å². The van der Waals surface area contributed by atoms with E-state index in [0.29, 0.717) is 12.0 Å². The molecule has 1 aromatic carbocycles. The lowest BCUT2D eigenvalue weighted by Crippen LogP contribution is -1.94. The Hall–Kier alpha value is -2.34. The van der Waals surface area contributed by atoms with Crippen LogP contribution in [-0.2, 0) is 9.53 Å². The van der Waals surface area contributed by atoms with Gasteiger partial charge in [0.15, 0.2) is 0 Å². The number of carbonyl (C=O) groups excluding carboxylic acids is 1. The second-order valence-corrected chi connectivity index (χ2v) is 3.06. The lowest BCUT2D eigenvalue weighted by Gasteiger charge is -1.98. The van der Waals surface area contributed by atoms with Crippen LogP contribution in [0.3, 0.4) is 0 Å². The van der Waals surface area contributed by atoms with Crippen LogP contribution in [-0.4, -0.2) is 13.1 Å². The number of nitriles is 1. The Morgan fingerprint density at radius 2 is 2.00 bits per heavy atom. The Labute approximate surface area is 94.3 Å². The van der Waals surface area contributed by atoms with E-state index in [2.05, 4.69) is 11.3 Å². The topological polar surface area (TPSA) is 50.1 Å². The lowest BCUT2D eigenvalue weighted by atomic mass is 10.1. The van der Waals surface area contributed by atoms with Gasteiger partial charge in [-0.2, -0.15) is 5.26 Å². The van der Waals surface area contributed by atoms with Crippen LogP contribution >= 0.6 is 0 Å². The van der Waals surface area contributed by atoms with Gasteiger partial charge in [-0.3, -0.25) is 4.79 Å². The van der Waals surface area contributed by atoms with Gasteiger partial charge in [0.25, 0.3) is 6.47 Å². The average molecular weight is 213 g/mol. The van der Waals surface area contributed by atoms with Gasteiger partial charge in [-0.05, 0) is 17.2 Å². The molecule has 0 spiro atoms. The first-order valence-corrected chi connectivity index (χ1v) is 4.68. The van der Waals surface area contributed by atoms with Crippen molar-refractivity contribution in [3.8, 4) is 6.07 Å². The van der Waals surface area contributed by atoms with Gasteiger partial charge in [0.05, 0.1) is 11.6 Å². The first kappa shape index (κ1) is 11.7. The summed E-state index contributed by atoms with van der Waals surface area (Å²) >= 11 is 0. The van der Waals surface area contributed by atoms with Gasteiger partial charge in [0, 0.05) is 0 Å². The van der Waals surface area contributed by atoms with Crippen LogP contribution in [0.15, 0.2) is 36.4 Å². The number of hydrogen-bond donors (Lipinski definition) is 0. The molecule has 0 saturated heterocycles. The van der Waals surface area contributed by atoms with Crippen molar-refractivity contribution in [1.82, 2.24) is 0 Å². The van der Waals surface area contributed by atoms with Crippen LogP contribution in [0.1, 0.15) is 11.1 Å². The Bertz CT molecular complexity index is 438. The highest BCUT2D eigenvalue weighted by molar-refractivity contribution is 5.60. The zero-order valence-electron chi connectivity index (χ0n) is 8.72. The highest BCUT2D eigenvalue weighted by Crippen LogP contribution is 2.09. The third kappa shape index (κ3) is 3.43. The van der Waals surface area contributed by atoms with Crippen LogP contribution in [0.4, 0.5) is 0 Å². The summed E-state index contributed by atoms with van der Waals surface area (Å²) in [4.78, 5) is 9.99. The van der Waals surface area contributed by atoms with Gasteiger partial charge in [-0.25, -0.2) is 0 Å². The highest BCUT2D eigenvalue weighted by Gasteiger charge is 1.96. The minimum Gasteiger partial charge on any atom is -0.462 e. The number of ether oxygens (including phenoxy) is 1. The predicted molar refractivity (Wildman–Crippen MR) is 62.1 cm³/mol. The summed E-state index contributed by atoms with van der Waals surface area (Å²) in [6.45, 7) is 3.98. The van der Waals surface area contributed by atoms with Gasteiger partial charge in [0.1, 0.15) is 6.61 Å². The molecule has 0 atom stereocenters.